The van der Waals surface area contributed by atoms with E-state index < -0.39 is 23.0 Å². The number of aromatic nitrogens is 1. The number of aromatic carboxylic acids is 1. The Kier molecular flexibility index (Phi) is 5.75. The summed E-state index contributed by atoms with van der Waals surface area (Å²) in [6.07, 6.45) is 0. The Morgan fingerprint density at radius 1 is 1.11 bits per heavy atom. The number of carboxylic acid groups (broad SMARTS) is 1. The molecule has 0 saturated carbocycles. The first kappa shape index (κ1) is 23.3. The molecule has 0 amide bonds. The zero-order chi connectivity index (χ0) is 24.9. The van der Waals surface area contributed by atoms with Crippen LogP contribution >= 0.6 is 11.6 Å². The van der Waals surface area contributed by atoms with E-state index in [1.165, 1.54) is 24.3 Å². The highest BCUT2D eigenvalue weighted by Crippen LogP contribution is 2.49. The van der Waals surface area contributed by atoms with Gasteiger partial charge >= 0.3 is 5.97 Å². The standard InChI is InChI=1S/C26H20ClF2NO5/c1-34-11-26(12-35-13-26)24-22(14-2-4-15(5-3-14)25(32)33)23-20(8-16(27)9-21(23)31)30(24)17-6-7-18(28)19(29)10-17/h2-10,31H,11-13H2,1H3,(H,32,33). The van der Waals surface area contributed by atoms with E-state index in [0.717, 1.165) is 12.1 Å². The normalized spacial score (nSPS) is 14.7. The molecule has 1 aliphatic rings. The van der Waals surface area contributed by atoms with Gasteiger partial charge < -0.3 is 24.3 Å². The average molecular weight is 500 g/mol. The van der Waals surface area contributed by atoms with Crippen molar-refractivity contribution >= 4 is 28.5 Å². The molecule has 0 atom stereocenters. The number of fused-ring (bicyclic) bond motifs is 1. The highest BCUT2D eigenvalue weighted by Gasteiger charge is 2.46. The van der Waals surface area contributed by atoms with Crippen molar-refractivity contribution in [3.8, 4) is 22.6 Å². The monoisotopic (exact) mass is 499 g/mol. The summed E-state index contributed by atoms with van der Waals surface area (Å²) in [6, 6.07) is 12.8. The van der Waals surface area contributed by atoms with Gasteiger partial charge in [-0.05, 0) is 42.0 Å². The van der Waals surface area contributed by atoms with Gasteiger partial charge in [0, 0.05) is 35.1 Å². The van der Waals surface area contributed by atoms with Gasteiger partial charge in [0.2, 0.25) is 0 Å². The molecular weight excluding hydrogens is 480 g/mol. The van der Waals surface area contributed by atoms with Crippen LogP contribution < -0.4 is 0 Å². The lowest BCUT2D eigenvalue weighted by molar-refractivity contribution is -0.0938. The van der Waals surface area contributed by atoms with Crippen LogP contribution in [0.25, 0.3) is 27.7 Å². The molecule has 1 fully saturated rings. The van der Waals surface area contributed by atoms with E-state index in [1.54, 1.807) is 29.9 Å². The van der Waals surface area contributed by atoms with Crippen LogP contribution in [0.4, 0.5) is 8.78 Å². The molecule has 0 spiro atoms. The van der Waals surface area contributed by atoms with Crippen LogP contribution in [0.2, 0.25) is 5.02 Å². The van der Waals surface area contributed by atoms with Gasteiger partial charge in [0.1, 0.15) is 5.75 Å². The predicted molar refractivity (Wildman–Crippen MR) is 127 cm³/mol. The lowest BCUT2D eigenvalue weighted by atomic mass is 9.79. The second-order valence-corrected chi connectivity index (χ2v) is 9.00. The molecule has 0 unspecified atom stereocenters. The van der Waals surface area contributed by atoms with E-state index in [4.69, 9.17) is 21.1 Å². The zero-order valence-corrected chi connectivity index (χ0v) is 19.3. The smallest absolute Gasteiger partial charge is 0.335 e. The van der Waals surface area contributed by atoms with Gasteiger partial charge in [-0.1, -0.05) is 23.7 Å². The minimum absolute atomic E-state index is 0.102. The van der Waals surface area contributed by atoms with Crippen LogP contribution in [0, 0.1) is 11.6 Å². The van der Waals surface area contributed by atoms with Gasteiger partial charge in [-0.25, -0.2) is 13.6 Å². The van der Waals surface area contributed by atoms with E-state index in [1.807, 2.05) is 0 Å². The Bertz CT molecular complexity index is 1460. The van der Waals surface area contributed by atoms with E-state index in [-0.39, 0.29) is 36.2 Å². The summed E-state index contributed by atoms with van der Waals surface area (Å²) in [4.78, 5) is 11.4. The van der Waals surface area contributed by atoms with Crippen molar-refractivity contribution in [1.82, 2.24) is 4.57 Å². The van der Waals surface area contributed by atoms with Gasteiger partial charge in [0.25, 0.3) is 0 Å². The highest BCUT2D eigenvalue weighted by atomic mass is 35.5. The zero-order valence-electron chi connectivity index (χ0n) is 18.5. The molecule has 3 aromatic carbocycles. The minimum Gasteiger partial charge on any atom is -0.507 e. The number of nitrogens with zero attached hydrogens (tertiary/aromatic N) is 1. The number of carboxylic acids is 1. The molecular formula is C26H20ClF2NO5. The molecule has 0 radical (unpaired) electrons. The fourth-order valence-electron chi connectivity index (χ4n) is 4.73. The molecule has 35 heavy (non-hydrogen) atoms. The molecule has 0 bridgehead atoms. The average Bonchev–Trinajstić information content (AvgIpc) is 3.13. The second kappa shape index (κ2) is 8.64. The second-order valence-electron chi connectivity index (χ2n) is 8.57. The van der Waals surface area contributed by atoms with E-state index in [9.17, 15) is 23.8 Å². The Hall–Kier alpha value is -3.46. The summed E-state index contributed by atoms with van der Waals surface area (Å²) < 4.78 is 41.0. The fourth-order valence-corrected chi connectivity index (χ4v) is 4.94. The molecule has 1 aromatic heterocycles. The molecule has 1 saturated heterocycles. The molecule has 4 aromatic rings. The number of halogens is 3. The van der Waals surface area contributed by atoms with Crippen molar-refractivity contribution in [3.05, 3.63) is 82.5 Å². The summed E-state index contributed by atoms with van der Waals surface area (Å²) in [6.45, 7) is 0.826. The van der Waals surface area contributed by atoms with Crippen molar-refractivity contribution in [3.63, 3.8) is 0 Å². The van der Waals surface area contributed by atoms with Crippen molar-refractivity contribution < 1.29 is 33.3 Å². The summed E-state index contributed by atoms with van der Waals surface area (Å²) in [5.74, 6) is -3.20. The van der Waals surface area contributed by atoms with Crippen molar-refractivity contribution in [2.24, 2.45) is 0 Å². The number of carbonyl (C=O) groups is 1. The Morgan fingerprint density at radius 3 is 2.40 bits per heavy atom. The fraction of sp³-hybridized carbons (Fsp3) is 0.192. The van der Waals surface area contributed by atoms with Crippen molar-refractivity contribution in [1.29, 1.82) is 0 Å². The lowest BCUT2D eigenvalue weighted by Crippen LogP contribution is -2.51. The maximum absolute atomic E-state index is 14.4. The Labute approximate surface area is 203 Å². The number of methoxy groups -OCH3 is 1. The van der Waals surface area contributed by atoms with E-state index in [0.29, 0.717) is 33.4 Å². The first-order valence-electron chi connectivity index (χ1n) is 10.7. The third-order valence-corrected chi connectivity index (χ3v) is 6.49. The van der Waals surface area contributed by atoms with Crippen molar-refractivity contribution in [2.75, 3.05) is 26.9 Å². The van der Waals surface area contributed by atoms with Gasteiger partial charge in [0.05, 0.1) is 41.7 Å². The number of aromatic hydroxyl groups is 1. The third-order valence-electron chi connectivity index (χ3n) is 6.27. The number of benzene rings is 3. The molecule has 6 nitrogen and oxygen atoms in total. The number of rotatable bonds is 6. The topological polar surface area (TPSA) is 80.9 Å². The van der Waals surface area contributed by atoms with Crippen LogP contribution in [-0.4, -0.2) is 47.7 Å². The van der Waals surface area contributed by atoms with Crippen LogP contribution in [-0.2, 0) is 14.9 Å². The number of phenols is 1. The summed E-state index contributed by atoms with van der Waals surface area (Å²) in [5.41, 5.74) is 2.07. The van der Waals surface area contributed by atoms with Crippen LogP contribution in [0.3, 0.4) is 0 Å². The van der Waals surface area contributed by atoms with Crippen LogP contribution in [0.15, 0.2) is 54.6 Å². The number of hydrogen-bond acceptors (Lipinski definition) is 4. The third kappa shape index (κ3) is 3.74. The van der Waals surface area contributed by atoms with E-state index >= 15 is 0 Å². The molecule has 9 heteroatoms. The Balaban J connectivity index is 1.94. The number of phenolic OH excluding ortho intramolecular Hbond substituents is 1. The van der Waals surface area contributed by atoms with Gasteiger partial charge in [-0.3, -0.25) is 0 Å². The lowest BCUT2D eigenvalue weighted by Gasteiger charge is -2.42. The summed E-state index contributed by atoms with van der Waals surface area (Å²) >= 11 is 6.30. The molecule has 2 N–H and O–H groups in total. The maximum atomic E-state index is 14.4. The summed E-state index contributed by atoms with van der Waals surface area (Å²) in [7, 11) is 1.56. The minimum atomic E-state index is -1.07. The van der Waals surface area contributed by atoms with Crippen molar-refractivity contribution in [2.45, 2.75) is 5.41 Å². The molecule has 180 valence electrons. The molecule has 1 aliphatic heterocycles. The molecule has 5 rings (SSSR count). The van der Waals surface area contributed by atoms with Gasteiger partial charge in [-0.2, -0.15) is 0 Å². The highest BCUT2D eigenvalue weighted by molar-refractivity contribution is 6.31. The first-order valence-corrected chi connectivity index (χ1v) is 11.1. The van der Waals surface area contributed by atoms with Crippen LogP contribution in [0.1, 0.15) is 16.1 Å². The number of ether oxygens (including phenoxy) is 2. The quantitative estimate of drug-likeness (QED) is 0.364. The maximum Gasteiger partial charge on any atom is 0.335 e. The van der Waals surface area contributed by atoms with Crippen LogP contribution in [0.5, 0.6) is 5.75 Å². The van der Waals surface area contributed by atoms with E-state index in [2.05, 4.69) is 0 Å². The van der Waals surface area contributed by atoms with Gasteiger partial charge in [-0.15, -0.1) is 0 Å². The largest absolute Gasteiger partial charge is 0.507 e. The molecule has 0 aliphatic carbocycles. The molecule has 2 heterocycles. The first-order chi connectivity index (χ1) is 16.8. The predicted octanol–water partition coefficient (Wildman–Crippen LogP) is 5.55. The van der Waals surface area contributed by atoms with Gasteiger partial charge in [0.15, 0.2) is 11.6 Å². The summed E-state index contributed by atoms with van der Waals surface area (Å²) in [5, 5.41) is 21.0. The SMILES string of the molecule is COCC1(c2c(-c3ccc(C(=O)O)cc3)c3c(O)cc(Cl)cc3n2-c2ccc(F)c(F)c2)COC1. The Morgan fingerprint density at radius 2 is 1.83 bits per heavy atom. The number of hydrogen-bond donors (Lipinski definition) is 2.